The summed E-state index contributed by atoms with van der Waals surface area (Å²) in [4.78, 5) is 12.9. The van der Waals surface area contributed by atoms with Crippen LogP contribution in [-0.4, -0.2) is 18.0 Å². The van der Waals surface area contributed by atoms with Crippen molar-refractivity contribution >= 4 is 27.3 Å². The lowest BCUT2D eigenvalue weighted by Crippen LogP contribution is -2.54. The van der Waals surface area contributed by atoms with Crippen LogP contribution in [0.1, 0.15) is 30.4 Å². The summed E-state index contributed by atoms with van der Waals surface area (Å²) in [6.45, 7) is 6.35. The van der Waals surface area contributed by atoms with Crippen LogP contribution in [0.3, 0.4) is 0 Å². The number of fused-ring (bicyclic) bond motifs is 1. The predicted octanol–water partition coefficient (Wildman–Crippen LogP) is 3.14. The summed E-state index contributed by atoms with van der Waals surface area (Å²) in [5.74, 6) is -0.225. The second kappa shape index (κ2) is 5.50. The number of thiophene rings is 1. The number of halogens is 1. The van der Waals surface area contributed by atoms with Gasteiger partial charge in [0.15, 0.2) is 0 Å². The third kappa shape index (κ3) is 2.83. The molecule has 0 aliphatic heterocycles. The van der Waals surface area contributed by atoms with E-state index in [1.807, 2.05) is 20.8 Å². The van der Waals surface area contributed by atoms with Crippen molar-refractivity contribution in [3.8, 4) is 0 Å². The average molecular weight is 294 g/mol. The third-order valence-corrected chi connectivity index (χ3v) is 4.90. The highest BCUT2D eigenvalue weighted by Gasteiger charge is 2.29. The van der Waals surface area contributed by atoms with Crippen LogP contribution in [0.15, 0.2) is 24.3 Å². The van der Waals surface area contributed by atoms with Gasteiger partial charge in [-0.15, -0.1) is 11.3 Å². The van der Waals surface area contributed by atoms with Crippen molar-refractivity contribution in [3.05, 3.63) is 35.0 Å². The molecule has 2 aromatic rings. The van der Waals surface area contributed by atoms with Gasteiger partial charge in [-0.2, -0.15) is 0 Å². The molecule has 0 saturated carbocycles. The molecule has 0 radical (unpaired) electrons. The minimum atomic E-state index is -0.446. The number of hydrogen-bond donors (Lipinski definition) is 2. The molecule has 0 aliphatic carbocycles. The van der Waals surface area contributed by atoms with Gasteiger partial charge in [-0.3, -0.25) is 4.79 Å². The van der Waals surface area contributed by atoms with E-state index in [9.17, 15) is 9.18 Å². The van der Waals surface area contributed by atoms with Crippen molar-refractivity contribution in [1.29, 1.82) is 0 Å². The van der Waals surface area contributed by atoms with E-state index in [0.29, 0.717) is 11.4 Å². The molecule has 1 heterocycles. The second-order valence-electron chi connectivity index (χ2n) is 5.52. The molecule has 0 bridgehead atoms. The number of carbonyl (C=O) groups excluding carboxylic acids is 1. The summed E-state index contributed by atoms with van der Waals surface area (Å²) in [5, 5.41) is 3.86. The van der Waals surface area contributed by atoms with Gasteiger partial charge in [-0.1, -0.05) is 19.9 Å². The number of carbonyl (C=O) groups is 1. The summed E-state index contributed by atoms with van der Waals surface area (Å²) in [6.07, 6.45) is 0. The van der Waals surface area contributed by atoms with E-state index in [2.05, 4.69) is 5.32 Å². The Hall–Kier alpha value is -1.46. The summed E-state index contributed by atoms with van der Waals surface area (Å²) < 4.78 is 13.9. The van der Waals surface area contributed by atoms with Crippen LogP contribution < -0.4 is 11.1 Å². The standard InChI is InChI=1S/C15H19FN2OS/c1-9(2)15(3,8-17)18-14(19)13-6-10-4-5-11(16)7-12(10)20-13/h4-7,9H,8,17H2,1-3H3,(H,18,19). The van der Waals surface area contributed by atoms with Crippen molar-refractivity contribution in [2.75, 3.05) is 6.54 Å². The zero-order chi connectivity index (χ0) is 14.9. The van der Waals surface area contributed by atoms with E-state index in [1.54, 1.807) is 12.1 Å². The maximum Gasteiger partial charge on any atom is 0.261 e. The number of hydrogen-bond acceptors (Lipinski definition) is 3. The molecule has 2 rings (SSSR count). The normalized spacial score (nSPS) is 14.5. The van der Waals surface area contributed by atoms with Gasteiger partial charge in [-0.05, 0) is 36.4 Å². The van der Waals surface area contributed by atoms with Crippen LogP contribution >= 0.6 is 11.3 Å². The largest absolute Gasteiger partial charge is 0.345 e. The number of nitrogens with one attached hydrogen (secondary N) is 1. The molecule has 108 valence electrons. The number of nitrogens with two attached hydrogens (primary N) is 1. The molecule has 1 unspecified atom stereocenters. The van der Waals surface area contributed by atoms with Crippen molar-refractivity contribution in [2.45, 2.75) is 26.3 Å². The van der Waals surface area contributed by atoms with Crippen molar-refractivity contribution in [1.82, 2.24) is 5.32 Å². The number of amides is 1. The van der Waals surface area contributed by atoms with Crippen molar-refractivity contribution in [2.24, 2.45) is 11.7 Å². The van der Waals surface area contributed by atoms with E-state index in [-0.39, 0.29) is 17.6 Å². The monoisotopic (exact) mass is 294 g/mol. The third-order valence-electron chi connectivity index (χ3n) is 3.80. The second-order valence-corrected chi connectivity index (χ2v) is 6.61. The minimum absolute atomic E-state index is 0.159. The van der Waals surface area contributed by atoms with Gasteiger partial charge < -0.3 is 11.1 Å². The molecule has 20 heavy (non-hydrogen) atoms. The van der Waals surface area contributed by atoms with Gasteiger partial charge in [0.05, 0.1) is 10.4 Å². The van der Waals surface area contributed by atoms with Gasteiger partial charge in [-0.25, -0.2) is 4.39 Å². The Morgan fingerprint density at radius 2 is 2.15 bits per heavy atom. The summed E-state index contributed by atoms with van der Waals surface area (Å²) in [6, 6.07) is 6.31. The molecular weight excluding hydrogens is 275 g/mol. The first kappa shape index (κ1) is 14.9. The number of rotatable bonds is 4. The fourth-order valence-electron chi connectivity index (χ4n) is 1.87. The lowest BCUT2D eigenvalue weighted by Gasteiger charge is -2.33. The van der Waals surface area contributed by atoms with E-state index < -0.39 is 5.54 Å². The molecule has 1 amide bonds. The number of benzene rings is 1. The van der Waals surface area contributed by atoms with E-state index in [1.165, 1.54) is 23.5 Å². The molecule has 3 nitrogen and oxygen atoms in total. The average Bonchev–Trinajstić information content (AvgIpc) is 2.81. The summed E-state index contributed by atoms with van der Waals surface area (Å²) >= 11 is 1.29. The van der Waals surface area contributed by atoms with Crippen LogP contribution in [0.25, 0.3) is 10.1 Å². The van der Waals surface area contributed by atoms with Crippen molar-refractivity contribution < 1.29 is 9.18 Å². The van der Waals surface area contributed by atoms with E-state index >= 15 is 0 Å². The first-order valence-corrected chi connectivity index (χ1v) is 7.39. The van der Waals surface area contributed by atoms with Gasteiger partial charge >= 0.3 is 0 Å². The summed E-state index contributed by atoms with van der Waals surface area (Å²) in [7, 11) is 0. The van der Waals surface area contributed by atoms with Gasteiger partial charge in [0.2, 0.25) is 0 Å². The zero-order valence-electron chi connectivity index (χ0n) is 11.9. The molecular formula is C15H19FN2OS. The Morgan fingerprint density at radius 3 is 2.75 bits per heavy atom. The van der Waals surface area contributed by atoms with Crippen LogP contribution in [0.2, 0.25) is 0 Å². The summed E-state index contributed by atoms with van der Waals surface area (Å²) in [5.41, 5.74) is 5.32. The smallest absolute Gasteiger partial charge is 0.261 e. The van der Waals surface area contributed by atoms with Crippen LogP contribution in [0, 0.1) is 11.7 Å². The highest BCUT2D eigenvalue weighted by atomic mass is 32.1. The van der Waals surface area contributed by atoms with Gasteiger partial charge in [0, 0.05) is 11.2 Å². The van der Waals surface area contributed by atoms with Crippen LogP contribution in [0.4, 0.5) is 4.39 Å². The quantitative estimate of drug-likeness (QED) is 0.910. The van der Waals surface area contributed by atoms with Crippen LogP contribution in [0.5, 0.6) is 0 Å². The molecule has 5 heteroatoms. The fraction of sp³-hybridized carbons (Fsp3) is 0.400. The zero-order valence-corrected chi connectivity index (χ0v) is 12.7. The van der Waals surface area contributed by atoms with E-state index in [0.717, 1.165) is 10.1 Å². The van der Waals surface area contributed by atoms with E-state index in [4.69, 9.17) is 5.73 Å². The van der Waals surface area contributed by atoms with Gasteiger partial charge in [0.25, 0.3) is 5.91 Å². The molecule has 1 aromatic carbocycles. The maximum absolute atomic E-state index is 13.2. The topological polar surface area (TPSA) is 55.1 Å². The lowest BCUT2D eigenvalue weighted by molar-refractivity contribution is 0.0887. The highest BCUT2D eigenvalue weighted by molar-refractivity contribution is 7.20. The van der Waals surface area contributed by atoms with Crippen molar-refractivity contribution in [3.63, 3.8) is 0 Å². The molecule has 0 saturated heterocycles. The Morgan fingerprint density at radius 1 is 1.45 bits per heavy atom. The fourth-order valence-corrected chi connectivity index (χ4v) is 2.85. The molecule has 0 fully saturated rings. The first-order chi connectivity index (χ1) is 9.35. The Bertz CT molecular complexity index is 638. The maximum atomic E-state index is 13.2. The molecule has 0 spiro atoms. The van der Waals surface area contributed by atoms with Gasteiger partial charge in [0.1, 0.15) is 5.82 Å². The molecule has 3 N–H and O–H groups in total. The highest BCUT2D eigenvalue weighted by Crippen LogP contribution is 2.27. The van der Waals surface area contributed by atoms with Crippen LogP contribution in [-0.2, 0) is 0 Å². The minimum Gasteiger partial charge on any atom is -0.345 e. The molecule has 1 aromatic heterocycles. The molecule has 1 atom stereocenters. The SMILES string of the molecule is CC(C)C(C)(CN)NC(=O)c1cc2ccc(F)cc2s1. The Labute approximate surface area is 122 Å². The lowest BCUT2D eigenvalue weighted by atomic mass is 9.88. The first-order valence-electron chi connectivity index (χ1n) is 6.57. The Kier molecular flexibility index (Phi) is 4.11. The predicted molar refractivity (Wildman–Crippen MR) is 81.5 cm³/mol. The Balaban J connectivity index is 2.27. The molecule has 0 aliphatic rings.